The van der Waals surface area contributed by atoms with Crippen molar-refractivity contribution in [3.63, 3.8) is 0 Å². The van der Waals surface area contributed by atoms with Crippen LogP contribution in [0.3, 0.4) is 0 Å². The number of hydrogen-bond acceptors (Lipinski definition) is 3. The van der Waals surface area contributed by atoms with E-state index in [2.05, 4.69) is 10.6 Å². The zero-order valence-electron chi connectivity index (χ0n) is 13.1. The van der Waals surface area contributed by atoms with E-state index in [1.54, 1.807) is 18.2 Å². The second-order valence-corrected chi connectivity index (χ2v) is 5.81. The van der Waals surface area contributed by atoms with Gasteiger partial charge in [0.1, 0.15) is 0 Å². The van der Waals surface area contributed by atoms with Crippen LogP contribution < -0.4 is 10.6 Å². The van der Waals surface area contributed by atoms with E-state index >= 15 is 0 Å². The number of halogens is 3. The van der Waals surface area contributed by atoms with Gasteiger partial charge in [-0.25, -0.2) is 0 Å². The van der Waals surface area contributed by atoms with Crippen molar-refractivity contribution in [2.24, 2.45) is 0 Å². The molecule has 0 bridgehead atoms. The Hall–Kier alpha value is -2.05. The zero-order chi connectivity index (χ0) is 17.0. The Morgan fingerprint density at radius 3 is 2.46 bits per heavy atom. The first kappa shape index (κ1) is 16.8. The molecule has 0 unspecified atom stereocenters. The number of para-hydroxylation sites is 1. The molecule has 3 rings (SSSR count). The average molecular weight is 336 g/mol. The van der Waals surface area contributed by atoms with E-state index in [9.17, 15) is 13.2 Å². The lowest BCUT2D eigenvalue weighted by molar-refractivity contribution is -0.136. The van der Waals surface area contributed by atoms with Crippen molar-refractivity contribution in [3.8, 4) is 0 Å². The second kappa shape index (κ2) is 7.23. The summed E-state index contributed by atoms with van der Waals surface area (Å²) in [6.07, 6.45) is -3.37. The fraction of sp³-hybridized carbons (Fsp3) is 0.333. The number of anilines is 2. The van der Waals surface area contributed by atoms with Crippen LogP contribution >= 0.6 is 0 Å². The Morgan fingerprint density at radius 1 is 1.04 bits per heavy atom. The van der Waals surface area contributed by atoms with E-state index in [0.29, 0.717) is 18.3 Å². The summed E-state index contributed by atoms with van der Waals surface area (Å²) in [4.78, 5) is 0. The lowest BCUT2D eigenvalue weighted by Gasteiger charge is -2.15. The number of benzene rings is 2. The predicted octanol–water partition coefficient (Wildman–Crippen LogP) is 4.33. The first-order valence-electron chi connectivity index (χ1n) is 7.86. The molecule has 3 nitrogen and oxygen atoms in total. The molecule has 6 heteroatoms. The SMILES string of the molecule is FC(F)(F)c1ccccc1Nc1ccc(CN[C@H]2CCOC2)cc1. The average Bonchev–Trinajstić information content (AvgIpc) is 3.07. The molecule has 0 spiro atoms. The highest BCUT2D eigenvalue weighted by Gasteiger charge is 2.33. The van der Waals surface area contributed by atoms with Gasteiger partial charge in [0.2, 0.25) is 0 Å². The summed E-state index contributed by atoms with van der Waals surface area (Å²) in [6, 6.07) is 13.2. The van der Waals surface area contributed by atoms with Crippen LogP contribution in [-0.4, -0.2) is 19.3 Å². The number of rotatable bonds is 5. The maximum absolute atomic E-state index is 13.0. The quantitative estimate of drug-likeness (QED) is 0.853. The van der Waals surface area contributed by atoms with E-state index in [1.165, 1.54) is 12.1 Å². The van der Waals surface area contributed by atoms with E-state index in [1.807, 2.05) is 12.1 Å². The molecule has 2 aromatic carbocycles. The predicted molar refractivity (Wildman–Crippen MR) is 87.2 cm³/mol. The Kier molecular flexibility index (Phi) is 5.06. The van der Waals surface area contributed by atoms with Crippen LogP contribution in [-0.2, 0) is 17.5 Å². The van der Waals surface area contributed by atoms with Crippen LogP contribution in [0, 0.1) is 0 Å². The van der Waals surface area contributed by atoms with Gasteiger partial charge in [-0.15, -0.1) is 0 Å². The summed E-state index contributed by atoms with van der Waals surface area (Å²) in [5.41, 5.74) is 1.09. The van der Waals surface area contributed by atoms with Crippen LogP contribution in [0.1, 0.15) is 17.5 Å². The van der Waals surface area contributed by atoms with Gasteiger partial charge in [0, 0.05) is 24.9 Å². The standard InChI is InChI=1S/C18H19F3N2O/c19-18(20,21)16-3-1-2-4-17(16)23-14-7-5-13(6-8-14)11-22-15-9-10-24-12-15/h1-8,15,22-23H,9-12H2/t15-/m0/s1. The van der Waals surface area contributed by atoms with E-state index in [-0.39, 0.29) is 5.69 Å². The minimum Gasteiger partial charge on any atom is -0.380 e. The van der Waals surface area contributed by atoms with Crippen LogP contribution in [0.5, 0.6) is 0 Å². The van der Waals surface area contributed by atoms with Crippen molar-refractivity contribution in [2.45, 2.75) is 25.2 Å². The number of ether oxygens (including phenoxy) is 1. The molecule has 2 aromatic rings. The molecular formula is C18H19F3N2O. The van der Waals surface area contributed by atoms with Gasteiger partial charge in [0.05, 0.1) is 17.9 Å². The van der Waals surface area contributed by atoms with Gasteiger partial charge in [0.25, 0.3) is 0 Å². The van der Waals surface area contributed by atoms with Gasteiger partial charge in [-0.3, -0.25) is 0 Å². The third kappa shape index (κ3) is 4.27. The molecule has 24 heavy (non-hydrogen) atoms. The van der Waals surface area contributed by atoms with Crippen molar-refractivity contribution in [3.05, 3.63) is 59.7 Å². The zero-order valence-corrected chi connectivity index (χ0v) is 13.1. The van der Waals surface area contributed by atoms with Gasteiger partial charge in [-0.05, 0) is 36.2 Å². The maximum Gasteiger partial charge on any atom is 0.418 e. The molecule has 0 aliphatic carbocycles. The fourth-order valence-electron chi connectivity index (χ4n) is 2.66. The van der Waals surface area contributed by atoms with Gasteiger partial charge in [-0.1, -0.05) is 24.3 Å². The Bertz CT molecular complexity index is 665. The van der Waals surface area contributed by atoms with Gasteiger partial charge < -0.3 is 15.4 Å². The molecule has 1 heterocycles. The first-order valence-corrected chi connectivity index (χ1v) is 7.86. The number of nitrogens with one attached hydrogen (secondary N) is 2. The Morgan fingerprint density at radius 2 is 1.79 bits per heavy atom. The van der Waals surface area contributed by atoms with Crippen molar-refractivity contribution in [1.29, 1.82) is 0 Å². The van der Waals surface area contributed by atoms with Crippen LogP contribution in [0.4, 0.5) is 24.5 Å². The summed E-state index contributed by atoms with van der Waals surface area (Å²) >= 11 is 0. The summed E-state index contributed by atoms with van der Waals surface area (Å²) in [6.45, 7) is 2.24. The van der Waals surface area contributed by atoms with Crippen molar-refractivity contribution < 1.29 is 17.9 Å². The summed E-state index contributed by atoms with van der Waals surface area (Å²) in [7, 11) is 0. The first-order chi connectivity index (χ1) is 11.5. The molecule has 0 aromatic heterocycles. The molecule has 0 radical (unpaired) electrons. The van der Waals surface area contributed by atoms with E-state index in [0.717, 1.165) is 31.3 Å². The molecule has 2 N–H and O–H groups in total. The number of alkyl halides is 3. The van der Waals surface area contributed by atoms with E-state index in [4.69, 9.17) is 4.74 Å². The molecule has 1 fully saturated rings. The van der Waals surface area contributed by atoms with Gasteiger partial charge in [0.15, 0.2) is 0 Å². The third-order valence-corrected chi connectivity index (χ3v) is 3.99. The topological polar surface area (TPSA) is 33.3 Å². The van der Waals surface area contributed by atoms with Crippen molar-refractivity contribution >= 4 is 11.4 Å². The summed E-state index contributed by atoms with van der Waals surface area (Å²) in [5, 5.41) is 6.24. The largest absolute Gasteiger partial charge is 0.418 e. The monoisotopic (exact) mass is 336 g/mol. The maximum atomic E-state index is 13.0. The van der Waals surface area contributed by atoms with Crippen molar-refractivity contribution in [1.82, 2.24) is 5.32 Å². The normalized spacial score (nSPS) is 17.9. The van der Waals surface area contributed by atoms with Crippen LogP contribution in [0.15, 0.2) is 48.5 Å². The van der Waals surface area contributed by atoms with Crippen LogP contribution in [0.2, 0.25) is 0 Å². The fourth-order valence-corrected chi connectivity index (χ4v) is 2.66. The molecule has 128 valence electrons. The molecule has 1 aliphatic rings. The smallest absolute Gasteiger partial charge is 0.380 e. The highest BCUT2D eigenvalue weighted by Crippen LogP contribution is 2.35. The minimum absolute atomic E-state index is 0.0546. The van der Waals surface area contributed by atoms with E-state index < -0.39 is 11.7 Å². The minimum atomic E-state index is -4.38. The van der Waals surface area contributed by atoms with Crippen molar-refractivity contribution in [2.75, 3.05) is 18.5 Å². The highest BCUT2D eigenvalue weighted by atomic mass is 19.4. The molecular weight excluding hydrogens is 317 g/mol. The molecule has 1 saturated heterocycles. The Labute approximate surface area is 138 Å². The summed E-state index contributed by atoms with van der Waals surface area (Å²) in [5.74, 6) is 0. The Balaban J connectivity index is 1.64. The highest BCUT2D eigenvalue weighted by molar-refractivity contribution is 5.64. The van der Waals surface area contributed by atoms with Gasteiger partial charge in [-0.2, -0.15) is 13.2 Å². The van der Waals surface area contributed by atoms with Gasteiger partial charge >= 0.3 is 6.18 Å². The molecule has 1 aliphatic heterocycles. The lowest BCUT2D eigenvalue weighted by atomic mass is 10.1. The number of hydrogen-bond donors (Lipinski definition) is 2. The third-order valence-electron chi connectivity index (χ3n) is 3.99. The van der Waals surface area contributed by atoms with Crippen LogP contribution in [0.25, 0.3) is 0 Å². The molecule has 1 atom stereocenters. The molecule has 0 saturated carbocycles. The lowest BCUT2D eigenvalue weighted by Crippen LogP contribution is -2.28. The molecule has 0 amide bonds. The second-order valence-electron chi connectivity index (χ2n) is 5.81. The summed E-state index contributed by atoms with van der Waals surface area (Å²) < 4.78 is 44.3.